The molecule has 0 radical (unpaired) electrons. The van der Waals surface area contributed by atoms with Crippen LogP contribution in [0.25, 0.3) is 27.9 Å². The normalized spacial score (nSPS) is 21.9. The molecule has 2 unspecified atom stereocenters. The largest absolute Gasteiger partial charge is 0.444 e. The zero-order chi connectivity index (χ0) is 31.1. The van der Waals surface area contributed by atoms with Crippen LogP contribution in [-0.4, -0.2) is 65.4 Å². The van der Waals surface area contributed by atoms with E-state index in [4.69, 9.17) is 14.8 Å². The maximum Gasteiger partial charge on any atom is 0.407 e. The lowest BCUT2D eigenvalue weighted by Crippen LogP contribution is -2.46. The molecule has 0 aromatic carbocycles. The van der Waals surface area contributed by atoms with Crippen molar-refractivity contribution >= 4 is 28.6 Å². The van der Waals surface area contributed by atoms with Crippen LogP contribution < -0.4 is 5.32 Å². The molecule has 0 spiro atoms. The third kappa shape index (κ3) is 5.12. The van der Waals surface area contributed by atoms with Gasteiger partial charge in [-0.3, -0.25) is 4.79 Å². The quantitative estimate of drug-likeness (QED) is 0.306. The van der Waals surface area contributed by atoms with E-state index >= 15 is 0 Å². The molecular weight excluding hydrogens is 556 g/mol. The molecule has 44 heavy (non-hydrogen) atoms. The summed E-state index contributed by atoms with van der Waals surface area (Å²) in [5.41, 5.74) is 4.30. The van der Waals surface area contributed by atoms with Crippen LogP contribution in [0, 0.1) is 18.8 Å². The summed E-state index contributed by atoms with van der Waals surface area (Å²) in [4.78, 5) is 33.1. The molecule has 3 aliphatic rings. The first-order chi connectivity index (χ1) is 20.8. The number of carbonyl (C=O) groups excluding carboxylic acids is 2. The van der Waals surface area contributed by atoms with Gasteiger partial charge in [-0.15, -0.1) is 0 Å². The minimum Gasteiger partial charge on any atom is -0.444 e. The van der Waals surface area contributed by atoms with E-state index in [0.29, 0.717) is 23.7 Å². The Labute approximate surface area is 257 Å². The Morgan fingerprint density at radius 2 is 1.84 bits per heavy atom. The smallest absolute Gasteiger partial charge is 0.407 e. The fourth-order valence-electron chi connectivity index (χ4n) is 7.01. The fraction of sp³-hybridized carbons (Fsp3) is 0.529. The van der Waals surface area contributed by atoms with Gasteiger partial charge in [-0.25, -0.2) is 14.3 Å². The maximum absolute atomic E-state index is 13.8. The van der Waals surface area contributed by atoms with Crippen LogP contribution in [-0.2, 0) is 16.9 Å². The van der Waals surface area contributed by atoms with Gasteiger partial charge in [-0.1, -0.05) is 0 Å². The number of aromatic nitrogens is 4. The lowest BCUT2D eigenvalue weighted by molar-refractivity contribution is 0.0484. The van der Waals surface area contributed by atoms with Gasteiger partial charge >= 0.3 is 6.09 Å². The number of hydrogen-bond donors (Lipinski definition) is 2. The van der Waals surface area contributed by atoms with Crippen LogP contribution in [0.2, 0.25) is 0 Å². The maximum atomic E-state index is 13.8. The van der Waals surface area contributed by atoms with Crippen molar-refractivity contribution < 1.29 is 19.4 Å². The topological polar surface area (TPSA) is 114 Å². The lowest BCUT2D eigenvalue weighted by atomic mass is 10.0. The molecule has 232 valence electrons. The van der Waals surface area contributed by atoms with Gasteiger partial charge in [0.25, 0.3) is 5.91 Å². The van der Waals surface area contributed by atoms with Gasteiger partial charge in [-0.2, -0.15) is 5.10 Å². The van der Waals surface area contributed by atoms with E-state index < -0.39 is 17.3 Å². The number of hydrogen-bond acceptors (Lipinski definition) is 6. The van der Waals surface area contributed by atoms with Crippen LogP contribution >= 0.6 is 0 Å². The summed E-state index contributed by atoms with van der Waals surface area (Å²) in [5.74, 6) is 0.789. The molecule has 3 fully saturated rings. The van der Waals surface area contributed by atoms with E-state index in [9.17, 15) is 14.7 Å². The Morgan fingerprint density at radius 3 is 2.55 bits per heavy atom. The first-order valence-electron chi connectivity index (χ1n) is 15.8. The molecule has 3 atom stereocenters. The summed E-state index contributed by atoms with van der Waals surface area (Å²) in [6.07, 6.45) is 5.64. The minimum absolute atomic E-state index is 0.0454. The van der Waals surface area contributed by atoms with Gasteiger partial charge < -0.3 is 24.6 Å². The molecule has 1 saturated heterocycles. The second-order valence-corrected chi connectivity index (χ2v) is 14.5. The number of alkyl carbamates (subject to hydrolysis) is 1. The van der Waals surface area contributed by atoms with Crippen LogP contribution in [0.4, 0.5) is 4.79 Å². The lowest BCUT2D eigenvalue weighted by Gasteiger charge is -2.28. The number of ether oxygens (including phenoxy) is 1. The molecule has 5 heterocycles. The van der Waals surface area contributed by atoms with Gasteiger partial charge in [-0.05, 0) is 109 Å². The molecular formula is C34H42N6O4. The molecule has 10 nitrogen and oxygen atoms in total. The summed E-state index contributed by atoms with van der Waals surface area (Å²) >= 11 is 0. The summed E-state index contributed by atoms with van der Waals surface area (Å²) in [6.45, 7) is 12.6. The monoisotopic (exact) mass is 598 g/mol. The molecule has 4 aromatic heterocycles. The molecule has 10 heteroatoms. The standard InChI is InChI=1S/C34H42N6O4/c1-19-24-12-10-23(31(41)39-17-22-9-13-25(39)29(22)36-32(42)44-33(2,3)4)18-40(24)37-28(19)26-15-21-11-14-27(34(5,6)43)35-30(21)38(26)16-20-7-8-20/h10-12,14-15,18,20,22,25,29,43H,7-9,13,16-17H2,1-6H3,(H,36,42)/t22?,25?,29-/m1/s1. The highest BCUT2D eigenvalue weighted by molar-refractivity contribution is 5.95. The number of rotatable bonds is 6. The molecule has 1 aliphatic heterocycles. The van der Waals surface area contributed by atoms with Crippen molar-refractivity contribution in [3.05, 3.63) is 53.3 Å². The molecule has 7 rings (SSSR count). The minimum atomic E-state index is -1.04. The molecule has 2 N–H and O–H groups in total. The molecule has 2 amide bonds. The first-order valence-corrected chi connectivity index (χ1v) is 15.8. The van der Waals surface area contributed by atoms with Gasteiger partial charge in [0, 0.05) is 30.2 Å². The third-order valence-electron chi connectivity index (χ3n) is 9.41. The Balaban J connectivity index is 1.19. The number of fused-ring (bicyclic) bond motifs is 4. The SMILES string of the molecule is Cc1c(-c2cc3ccc(C(C)(C)O)nc3n2CC2CC2)nn2cc(C(=O)N3CC4CCC3[C@@H]4NC(=O)OC(C)(C)C)ccc12. The van der Waals surface area contributed by atoms with E-state index in [0.717, 1.165) is 52.9 Å². The Hall–Kier alpha value is -3.92. The summed E-state index contributed by atoms with van der Waals surface area (Å²) in [6, 6.07) is 9.76. The molecule has 2 saturated carbocycles. The predicted octanol–water partition coefficient (Wildman–Crippen LogP) is 5.42. The van der Waals surface area contributed by atoms with Gasteiger partial charge in [0.05, 0.1) is 34.6 Å². The van der Waals surface area contributed by atoms with E-state index in [1.165, 1.54) is 12.8 Å². The van der Waals surface area contributed by atoms with E-state index in [1.54, 1.807) is 13.8 Å². The Morgan fingerprint density at radius 1 is 1.07 bits per heavy atom. The molecule has 2 bridgehead atoms. The van der Waals surface area contributed by atoms with Crippen molar-refractivity contribution in [2.24, 2.45) is 11.8 Å². The second-order valence-electron chi connectivity index (χ2n) is 14.5. The van der Waals surface area contributed by atoms with E-state index in [-0.39, 0.29) is 23.9 Å². The Bertz CT molecular complexity index is 1790. The van der Waals surface area contributed by atoms with Crippen LogP contribution in [0.5, 0.6) is 0 Å². The average molecular weight is 599 g/mol. The third-order valence-corrected chi connectivity index (χ3v) is 9.41. The predicted molar refractivity (Wildman–Crippen MR) is 167 cm³/mol. The number of amides is 2. The number of aryl methyl sites for hydroxylation is 1. The number of piperidine rings is 1. The van der Waals surface area contributed by atoms with Crippen molar-refractivity contribution in [1.29, 1.82) is 0 Å². The van der Waals surface area contributed by atoms with Crippen molar-refractivity contribution in [1.82, 2.24) is 29.4 Å². The first kappa shape index (κ1) is 28.8. The van der Waals surface area contributed by atoms with E-state index in [2.05, 4.69) is 22.9 Å². The number of aliphatic hydroxyl groups is 1. The van der Waals surface area contributed by atoms with Gasteiger partial charge in [0.1, 0.15) is 22.5 Å². The molecule has 2 aliphatic carbocycles. The number of likely N-dealkylation sites (tertiary alicyclic amines) is 1. The average Bonchev–Trinajstić information content (AvgIpc) is 3.30. The molecule has 4 aromatic rings. The van der Waals surface area contributed by atoms with E-state index in [1.807, 2.05) is 60.6 Å². The van der Waals surface area contributed by atoms with Crippen LogP contribution in [0.3, 0.4) is 0 Å². The zero-order valence-corrected chi connectivity index (χ0v) is 26.4. The summed E-state index contributed by atoms with van der Waals surface area (Å²) in [5, 5.41) is 19.7. The van der Waals surface area contributed by atoms with Crippen LogP contribution in [0.1, 0.15) is 81.9 Å². The fourth-order valence-corrected chi connectivity index (χ4v) is 7.01. The highest BCUT2D eigenvalue weighted by atomic mass is 16.6. The number of pyridine rings is 2. The van der Waals surface area contributed by atoms with Crippen molar-refractivity contribution in [2.45, 2.75) is 97.1 Å². The van der Waals surface area contributed by atoms with Crippen molar-refractivity contribution in [3.8, 4) is 11.4 Å². The second kappa shape index (κ2) is 10.1. The van der Waals surface area contributed by atoms with Crippen molar-refractivity contribution in [2.75, 3.05) is 6.54 Å². The number of nitrogens with one attached hydrogen (secondary N) is 1. The zero-order valence-electron chi connectivity index (χ0n) is 26.4. The van der Waals surface area contributed by atoms with Crippen molar-refractivity contribution in [3.63, 3.8) is 0 Å². The highest BCUT2D eigenvalue weighted by Crippen LogP contribution is 2.40. The number of nitrogens with zero attached hydrogens (tertiary/aromatic N) is 5. The summed E-state index contributed by atoms with van der Waals surface area (Å²) < 4.78 is 9.56. The van der Waals surface area contributed by atoms with Gasteiger partial charge in [0.15, 0.2) is 0 Å². The Kier molecular flexibility index (Phi) is 6.59. The number of carbonyl (C=O) groups is 2. The van der Waals surface area contributed by atoms with Gasteiger partial charge in [0.2, 0.25) is 0 Å². The summed E-state index contributed by atoms with van der Waals surface area (Å²) in [7, 11) is 0. The van der Waals surface area contributed by atoms with Crippen LogP contribution in [0.15, 0.2) is 36.5 Å². The highest BCUT2D eigenvalue weighted by Gasteiger charge is 2.49.